The fourth-order valence-electron chi connectivity index (χ4n) is 3.31. The lowest BCUT2D eigenvalue weighted by Crippen LogP contribution is -2.56. The number of amides is 1. The number of carboxylic acid groups (broad SMARTS) is 1. The summed E-state index contributed by atoms with van der Waals surface area (Å²) in [5, 5.41) is 15.0. The monoisotopic (exact) mass is 441 g/mol. The van der Waals surface area contributed by atoms with Crippen LogP contribution in [0.4, 0.5) is 5.69 Å². The number of nitrogens with one attached hydrogen (secondary N) is 1. The van der Waals surface area contributed by atoms with Crippen molar-refractivity contribution in [2.45, 2.75) is 38.8 Å². The normalized spacial score (nSPS) is 12.5. The average molecular weight is 442 g/mol. The largest absolute Gasteiger partial charge is 0.480 e. The van der Waals surface area contributed by atoms with E-state index >= 15 is 0 Å². The van der Waals surface area contributed by atoms with Gasteiger partial charge >= 0.3 is 11.9 Å². The molecule has 0 fully saturated rings. The van der Waals surface area contributed by atoms with Gasteiger partial charge in [-0.25, -0.2) is 5.01 Å². The quantitative estimate of drug-likeness (QED) is 0.386. The van der Waals surface area contributed by atoms with Crippen LogP contribution in [0.25, 0.3) is 0 Å². The molecule has 0 saturated heterocycles. The maximum absolute atomic E-state index is 13.2. The number of carbonyl (C=O) groups is 3. The molecule has 0 spiro atoms. The molecule has 172 valence electrons. The Balaban J connectivity index is 2.14. The number of hydrogen-bond acceptors (Lipinski definition) is 6. The van der Waals surface area contributed by atoms with E-state index in [4.69, 9.17) is 4.74 Å². The minimum Gasteiger partial charge on any atom is -0.480 e. The molecule has 32 heavy (non-hydrogen) atoms. The number of anilines is 1. The smallest absolute Gasteiger partial charge is 0.325 e. The second-order valence-corrected chi connectivity index (χ2v) is 7.37. The molecule has 8 heteroatoms. The third kappa shape index (κ3) is 7.39. The van der Waals surface area contributed by atoms with Gasteiger partial charge in [-0.15, -0.1) is 0 Å². The van der Waals surface area contributed by atoms with E-state index in [1.54, 1.807) is 45.2 Å². The van der Waals surface area contributed by atoms with E-state index in [0.717, 1.165) is 10.6 Å². The number of aliphatic carboxylic acids is 1. The Morgan fingerprint density at radius 2 is 1.62 bits per heavy atom. The highest BCUT2D eigenvalue weighted by molar-refractivity contribution is 5.87. The Hall–Kier alpha value is -3.39. The van der Waals surface area contributed by atoms with E-state index < -0.39 is 36.5 Å². The van der Waals surface area contributed by atoms with E-state index in [1.165, 1.54) is 5.01 Å². The van der Waals surface area contributed by atoms with E-state index in [1.807, 2.05) is 36.4 Å². The Bertz CT molecular complexity index is 876. The molecule has 0 saturated carbocycles. The average Bonchev–Trinajstić information content (AvgIpc) is 2.80. The van der Waals surface area contributed by atoms with Crippen molar-refractivity contribution in [1.82, 2.24) is 10.3 Å². The first-order valence-corrected chi connectivity index (χ1v) is 10.6. The number of rotatable bonds is 12. The molecule has 0 aliphatic carbocycles. The molecule has 2 aromatic carbocycles. The van der Waals surface area contributed by atoms with Crippen molar-refractivity contribution in [3.8, 4) is 0 Å². The van der Waals surface area contributed by atoms with Gasteiger partial charge in [-0.3, -0.25) is 24.7 Å². The van der Waals surface area contributed by atoms with Gasteiger partial charge in [0.15, 0.2) is 0 Å². The van der Waals surface area contributed by atoms with Crippen molar-refractivity contribution < 1.29 is 24.2 Å². The van der Waals surface area contributed by atoms with Crippen LogP contribution in [0, 0.1) is 0 Å². The van der Waals surface area contributed by atoms with Gasteiger partial charge in [-0.2, -0.15) is 0 Å². The number of aryl methyl sites for hydroxylation is 1. The summed E-state index contributed by atoms with van der Waals surface area (Å²) in [5.74, 6) is -2.05. The Labute approximate surface area is 188 Å². The van der Waals surface area contributed by atoms with E-state index in [2.05, 4.69) is 5.32 Å². The lowest BCUT2D eigenvalue weighted by Gasteiger charge is -2.35. The highest BCUT2D eigenvalue weighted by atomic mass is 16.5. The van der Waals surface area contributed by atoms with Crippen LogP contribution in [-0.4, -0.2) is 60.2 Å². The summed E-state index contributed by atoms with van der Waals surface area (Å²) in [6.07, 6.45) is 1.06. The van der Waals surface area contributed by atoms with Gasteiger partial charge in [0, 0.05) is 7.05 Å². The number of carboxylic acids is 1. The number of benzene rings is 2. The topological polar surface area (TPSA) is 99.2 Å². The number of esters is 1. The Kier molecular flexibility index (Phi) is 9.69. The number of ether oxygens (including phenoxy) is 1. The van der Waals surface area contributed by atoms with Crippen molar-refractivity contribution in [3.63, 3.8) is 0 Å². The van der Waals surface area contributed by atoms with E-state index in [9.17, 15) is 19.5 Å². The molecule has 1 amide bonds. The lowest BCUT2D eigenvalue weighted by atomic mass is 10.0. The summed E-state index contributed by atoms with van der Waals surface area (Å²) in [6, 6.07) is 17.2. The van der Waals surface area contributed by atoms with Crippen LogP contribution < -0.4 is 10.3 Å². The van der Waals surface area contributed by atoms with Crippen LogP contribution in [0.5, 0.6) is 0 Å². The van der Waals surface area contributed by atoms with E-state index in [0.29, 0.717) is 18.5 Å². The first-order chi connectivity index (χ1) is 15.3. The Morgan fingerprint density at radius 3 is 2.19 bits per heavy atom. The molecule has 1 unspecified atom stereocenters. The summed E-state index contributed by atoms with van der Waals surface area (Å²) in [5.41, 5.74) is 1.74. The molecule has 2 N–H and O–H groups in total. The number of nitrogens with zero attached hydrogens (tertiary/aromatic N) is 2. The molecule has 2 atom stereocenters. The van der Waals surface area contributed by atoms with Crippen molar-refractivity contribution in [2.75, 3.05) is 25.2 Å². The summed E-state index contributed by atoms with van der Waals surface area (Å²) in [6.45, 7) is 3.06. The highest BCUT2D eigenvalue weighted by Gasteiger charge is 2.30. The molecule has 2 rings (SSSR count). The van der Waals surface area contributed by atoms with Crippen molar-refractivity contribution >= 4 is 23.5 Å². The maximum atomic E-state index is 13.2. The first kappa shape index (κ1) is 24.9. The molecule has 0 bridgehead atoms. The molecule has 0 aromatic heterocycles. The van der Waals surface area contributed by atoms with Crippen LogP contribution in [0.2, 0.25) is 0 Å². The molecule has 8 nitrogen and oxygen atoms in total. The van der Waals surface area contributed by atoms with Crippen LogP contribution >= 0.6 is 0 Å². The second kappa shape index (κ2) is 12.5. The SMILES string of the molecule is CCOC(=O)C(CCc1ccccc1)N[C@@H](C)C(=O)N(CC(=O)O)N(C)c1ccccc1. The Morgan fingerprint density at radius 1 is 1.03 bits per heavy atom. The van der Waals surface area contributed by atoms with Gasteiger partial charge in [0.2, 0.25) is 0 Å². The zero-order valence-corrected chi connectivity index (χ0v) is 18.7. The zero-order valence-electron chi connectivity index (χ0n) is 18.7. The van der Waals surface area contributed by atoms with Gasteiger partial charge in [0.05, 0.1) is 18.3 Å². The highest BCUT2D eigenvalue weighted by Crippen LogP contribution is 2.15. The summed E-state index contributed by atoms with van der Waals surface area (Å²) in [4.78, 5) is 37.1. The number of hydrogen-bond donors (Lipinski definition) is 2. The minimum atomic E-state index is -1.14. The van der Waals surface area contributed by atoms with Gasteiger partial charge < -0.3 is 9.84 Å². The number of para-hydroxylation sites is 1. The summed E-state index contributed by atoms with van der Waals surface area (Å²) < 4.78 is 5.18. The molecular formula is C24H31N3O5. The predicted octanol–water partition coefficient (Wildman–Crippen LogP) is 2.49. The third-order valence-electron chi connectivity index (χ3n) is 4.99. The third-order valence-corrected chi connectivity index (χ3v) is 4.99. The van der Waals surface area contributed by atoms with Crippen LogP contribution in [-0.2, 0) is 25.5 Å². The molecule has 0 heterocycles. The molecule has 0 radical (unpaired) electrons. The number of carbonyl (C=O) groups excluding carboxylic acids is 2. The zero-order chi connectivity index (χ0) is 23.5. The van der Waals surface area contributed by atoms with Crippen LogP contribution in [0.3, 0.4) is 0 Å². The van der Waals surface area contributed by atoms with Gasteiger partial charge in [0.25, 0.3) is 5.91 Å². The number of hydrazine groups is 1. The molecular weight excluding hydrogens is 410 g/mol. The minimum absolute atomic E-state index is 0.229. The van der Waals surface area contributed by atoms with Crippen molar-refractivity contribution in [2.24, 2.45) is 0 Å². The predicted molar refractivity (Wildman–Crippen MR) is 122 cm³/mol. The van der Waals surface area contributed by atoms with Gasteiger partial charge in [0.1, 0.15) is 12.6 Å². The first-order valence-electron chi connectivity index (χ1n) is 10.6. The lowest BCUT2D eigenvalue weighted by molar-refractivity contribution is -0.148. The van der Waals surface area contributed by atoms with Crippen LogP contribution in [0.15, 0.2) is 60.7 Å². The standard InChI is InChI=1S/C24H31N3O5/c1-4-32-24(31)21(16-15-19-11-7-5-8-12-19)25-18(2)23(30)27(17-22(28)29)26(3)20-13-9-6-10-14-20/h5-14,18,21,25H,4,15-17H2,1-3H3,(H,28,29)/t18-,21?/m0/s1. The summed E-state index contributed by atoms with van der Waals surface area (Å²) in [7, 11) is 1.63. The van der Waals surface area contributed by atoms with Gasteiger partial charge in [-0.1, -0.05) is 48.5 Å². The molecule has 2 aromatic rings. The fourth-order valence-corrected chi connectivity index (χ4v) is 3.31. The molecule has 0 aliphatic heterocycles. The van der Waals surface area contributed by atoms with Gasteiger partial charge in [-0.05, 0) is 44.4 Å². The summed E-state index contributed by atoms with van der Waals surface area (Å²) >= 11 is 0. The fraction of sp³-hybridized carbons (Fsp3) is 0.375. The van der Waals surface area contributed by atoms with E-state index in [-0.39, 0.29) is 6.61 Å². The second-order valence-electron chi connectivity index (χ2n) is 7.37. The van der Waals surface area contributed by atoms with Crippen molar-refractivity contribution in [3.05, 3.63) is 66.2 Å². The van der Waals surface area contributed by atoms with Crippen LogP contribution in [0.1, 0.15) is 25.8 Å². The van der Waals surface area contributed by atoms with Crippen molar-refractivity contribution in [1.29, 1.82) is 0 Å². The molecule has 0 aliphatic rings. The maximum Gasteiger partial charge on any atom is 0.325 e.